The van der Waals surface area contributed by atoms with Gasteiger partial charge in [-0.1, -0.05) is 48.0 Å². The molecule has 7 heteroatoms. The van der Waals surface area contributed by atoms with Crippen molar-refractivity contribution in [1.82, 2.24) is 10.2 Å². The summed E-state index contributed by atoms with van der Waals surface area (Å²) >= 11 is 5.99. The van der Waals surface area contributed by atoms with Crippen molar-refractivity contribution in [3.8, 4) is 11.5 Å². The largest absolute Gasteiger partial charge is 0.492 e. The molecule has 3 aromatic rings. The number of nitrogens with zero attached hydrogens (tertiary/aromatic N) is 1. The maximum Gasteiger partial charge on any atom is 0.345 e. The predicted octanol–water partition coefficient (Wildman–Crippen LogP) is 4.82. The summed E-state index contributed by atoms with van der Waals surface area (Å²) in [6, 6.07) is 23.7. The number of carbonyl (C=O) groups is 1. The van der Waals surface area contributed by atoms with Gasteiger partial charge in [0, 0.05) is 43.7 Å². The number of hydrogen-bond donors (Lipinski definition) is 2. The second-order valence-corrected chi connectivity index (χ2v) is 10.5. The first-order valence-electron chi connectivity index (χ1n) is 12.8. The van der Waals surface area contributed by atoms with E-state index >= 15 is 0 Å². The fourth-order valence-electron chi connectivity index (χ4n) is 5.26. The van der Waals surface area contributed by atoms with Crippen LogP contribution in [0.1, 0.15) is 16.7 Å². The minimum absolute atomic E-state index is 0.282. The fraction of sp³-hybridized carbons (Fsp3) is 0.367. The van der Waals surface area contributed by atoms with Crippen LogP contribution in [-0.2, 0) is 17.8 Å². The van der Waals surface area contributed by atoms with Gasteiger partial charge in [-0.15, -0.1) is 0 Å². The summed E-state index contributed by atoms with van der Waals surface area (Å²) in [5.74, 6) is 1.83. The molecule has 3 aromatic carbocycles. The number of ether oxygens (including phenoxy) is 2. The molecule has 1 saturated carbocycles. The topological polar surface area (TPSA) is 71.0 Å². The summed E-state index contributed by atoms with van der Waals surface area (Å²) in [4.78, 5) is 14.2. The monoisotopic (exact) mass is 520 g/mol. The summed E-state index contributed by atoms with van der Waals surface area (Å²) in [5.41, 5.74) is 3.23. The number of carboxylic acids is 1. The van der Waals surface area contributed by atoms with Gasteiger partial charge in [0.25, 0.3) is 0 Å². The molecular weight excluding hydrogens is 488 g/mol. The number of nitrogens with one attached hydrogen (secondary N) is 1. The van der Waals surface area contributed by atoms with Crippen molar-refractivity contribution in [3.05, 3.63) is 94.5 Å². The highest BCUT2D eigenvalue weighted by atomic mass is 35.5. The van der Waals surface area contributed by atoms with E-state index in [0.717, 1.165) is 59.9 Å². The van der Waals surface area contributed by atoms with Crippen LogP contribution in [0.3, 0.4) is 0 Å². The van der Waals surface area contributed by atoms with E-state index in [2.05, 4.69) is 22.3 Å². The molecule has 1 saturated heterocycles. The molecule has 0 amide bonds. The number of likely N-dealkylation sites (tertiary alicyclic amines) is 1. The number of aryl methyl sites for hydroxylation is 1. The van der Waals surface area contributed by atoms with E-state index in [-0.39, 0.29) is 6.42 Å². The number of halogens is 1. The minimum Gasteiger partial charge on any atom is -0.492 e. The van der Waals surface area contributed by atoms with E-state index in [0.29, 0.717) is 18.4 Å². The maximum atomic E-state index is 11.7. The molecule has 37 heavy (non-hydrogen) atoms. The first-order chi connectivity index (χ1) is 17.9. The van der Waals surface area contributed by atoms with Gasteiger partial charge in [-0.3, -0.25) is 4.90 Å². The Morgan fingerprint density at radius 3 is 2.41 bits per heavy atom. The summed E-state index contributed by atoms with van der Waals surface area (Å²) in [6.45, 7) is 6.61. The van der Waals surface area contributed by atoms with Gasteiger partial charge in [0.1, 0.15) is 18.1 Å². The molecule has 1 heterocycles. The molecule has 194 valence electrons. The smallest absolute Gasteiger partial charge is 0.345 e. The average Bonchev–Trinajstić information content (AvgIpc) is 3.33. The van der Waals surface area contributed by atoms with Crippen molar-refractivity contribution in [1.29, 1.82) is 0 Å². The lowest BCUT2D eigenvalue weighted by Crippen LogP contribution is -2.33. The third-order valence-electron chi connectivity index (χ3n) is 7.23. The SMILES string of the molecule is Cc1cccc(O[C@H](Cc2ccc(OCCN[C@H]3C4CN(Cc5ccc(Cl)cc5)C[C@@H]43)cc2)C(=O)O)c1. The molecular formula is C30H33ClN2O4. The number of benzene rings is 3. The van der Waals surface area contributed by atoms with E-state index in [1.54, 1.807) is 6.07 Å². The lowest BCUT2D eigenvalue weighted by Gasteiger charge is -2.20. The fourth-order valence-corrected chi connectivity index (χ4v) is 5.38. The summed E-state index contributed by atoms with van der Waals surface area (Å²) in [5, 5.41) is 14.0. The molecule has 1 unspecified atom stereocenters. The van der Waals surface area contributed by atoms with Crippen LogP contribution in [0.15, 0.2) is 72.8 Å². The van der Waals surface area contributed by atoms with Crippen LogP contribution in [0, 0.1) is 18.8 Å². The van der Waals surface area contributed by atoms with Gasteiger partial charge in [-0.05, 0) is 71.8 Å². The number of rotatable bonds is 12. The van der Waals surface area contributed by atoms with Crippen molar-refractivity contribution in [2.75, 3.05) is 26.2 Å². The molecule has 4 atom stereocenters. The van der Waals surface area contributed by atoms with Crippen molar-refractivity contribution in [3.63, 3.8) is 0 Å². The van der Waals surface area contributed by atoms with E-state index in [1.165, 1.54) is 5.56 Å². The van der Waals surface area contributed by atoms with Crippen LogP contribution in [0.25, 0.3) is 0 Å². The van der Waals surface area contributed by atoms with Gasteiger partial charge in [0.2, 0.25) is 0 Å². The van der Waals surface area contributed by atoms with Crippen molar-refractivity contribution in [2.24, 2.45) is 11.8 Å². The molecule has 0 radical (unpaired) electrons. The van der Waals surface area contributed by atoms with E-state index < -0.39 is 12.1 Å². The van der Waals surface area contributed by atoms with Crippen molar-refractivity contribution in [2.45, 2.75) is 32.0 Å². The Morgan fingerprint density at radius 2 is 1.73 bits per heavy atom. The number of fused-ring (bicyclic) bond motifs is 1. The molecule has 2 N–H and O–H groups in total. The number of piperidine rings is 1. The summed E-state index contributed by atoms with van der Waals surface area (Å²) in [6.07, 6.45) is -0.664. The number of carboxylic acid groups (broad SMARTS) is 1. The molecule has 1 aliphatic heterocycles. The van der Waals surface area contributed by atoms with E-state index in [9.17, 15) is 9.90 Å². The minimum atomic E-state index is -0.981. The van der Waals surface area contributed by atoms with Gasteiger partial charge >= 0.3 is 5.97 Å². The molecule has 2 fully saturated rings. The Morgan fingerprint density at radius 1 is 1.03 bits per heavy atom. The zero-order chi connectivity index (χ0) is 25.8. The zero-order valence-electron chi connectivity index (χ0n) is 21.0. The first kappa shape index (κ1) is 25.6. The lowest BCUT2D eigenvalue weighted by molar-refractivity contribution is -0.145. The number of hydrogen-bond acceptors (Lipinski definition) is 5. The highest BCUT2D eigenvalue weighted by Gasteiger charge is 2.55. The van der Waals surface area contributed by atoms with Gasteiger partial charge in [-0.25, -0.2) is 4.79 Å². The quantitative estimate of drug-likeness (QED) is 0.334. The van der Waals surface area contributed by atoms with Gasteiger partial charge in [0.15, 0.2) is 6.10 Å². The Kier molecular flexibility index (Phi) is 7.99. The average molecular weight is 521 g/mol. The third kappa shape index (κ3) is 6.83. The van der Waals surface area contributed by atoms with Crippen molar-refractivity contribution >= 4 is 17.6 Å². The third-order valence-corrected chi connectivity index (χ3v) is 7.48. The molecule has 1 aliphatic carbocycles. The summed E-state index contributed by atoms with van der Waals surface area (Å²) < 4.78 is 11.6. The molecule has 0 aromatic heterocycles. The predicted molar refractivity (Wildman–Crippen MR) is 144 cm³/mol. The van der Waals surface area contributed by atoms with Crippen LogP contribution in [0.5, 0.6) is 11.5 Å². The zero-order valence-corrected chi connectivity index (χ0v) is 21.7. The molecule has 0 bridgehead atoms. The van der Waals surface area contributed by atoms with Crippen LogP contribution < -0.4 is 14.8 Å². The Bertz CT molecular complexity index is 1190. The van der Waals surface area contributed by atoms with E-state index in [1.807, 2.05) is 61.5 Å². The molecule has 6 nitrogen and oxygen atoms in total. The Labute approximate surface area is 223 Å². The van der Waals surface area contributed by atoms with Crippen LogP contribution in [0.4, 0.5) is 0 Å². The second kappa shape index (κ2) is 11.5. The maximum absolute atomic E-state index is 11.7. The number of aliphatic carboxylic acids is 1. The van der Waals surface area contributed by atoms with Gasteiger partial charge in [-0.2, -0.15) is 0 Å². The highest BCUT2D eigenvalue weighted by molar-refractivity contribution is 6.30. The Hall–Kier alpha value is -3.06. The summed E-state index contributed by atoms with van der Waals surface area (Å²) in [7, 11) is 0. The highest BCUT2D eigenvalue weighted by Crippen LogP contribution is 2.45. The van der Waals surface area contributed by atoms with Crippen LogP contribution >= 0.6 is 11.6 Å². The Balaban J connectivity index is 1.00. The first-order valence-corrected chi connectivity index (χ1v) is 13.2. The van der Waals surface area contributed by atoms with Gasteiger partial charge < -0.3 is 19.9 Å². The van der Waals surface area contributed by atoms with E-state index in [4.69, 9.17) is 21.1 Å². The van der Waals surface area contributed by atoms with Crippen LogP contribution in [-0.4, -0.2) is 54.4 Å². The lowest BCUT2D eigenvalue weighted by atomic mass is 10.1. The normalized spacial score (nSPS) is 21.3. The second-order valence-electron chi connectivity index (χ2n) is 10.1. The molecule has 2 aliphatic rings. The van der Waals surface area contributed by atoms with Gasteiger partial charge in [0.05, 0.1) is 0 Å². The van der Waals surface area contributed by atoms with Crippen molar-refractivity contribution < 1.29 is 19.4 Å². The standard InChI is InChI=1S/C30H33ClN2O4/c1-20-3-2-4-25(15-20)37-28(30(34)35)16-21-7-11-24(12-8-21)36-14-13-32-29-26-18-33(19-27(26)29)17-22-5-9-23(31)10-6-22/h2-12,15,26-29,32H,13-14,16-19H2,1H3,(H,34,35)/t26-,27?,28+,29+/m0/s1. The molecule has 5 rings (SSSR count). The molecule has 0 spiro atoms. The van der Waals surface area contributed by atoms with Crippen LogP contribution in [0.2, 0.25) is 5.02 Å².